The topological polar surface area (TPSA) is 29.3 Å². The number of para-hydroxylation sites is 1. The molecule has 0 aliphatic rings. The predicted octanol–water partition coefficient (Wildman–Crippen LogP) is 6.09. The average molecular weight is 363 g/mol. The summed E-state index contributed by atoms with van der Waals surface area (Å²) in [6.45, 7) is 10.1. The van der Waals surface area contributed by atoms with Gasteiger partial charge in [0.1, 0.15) is 0 Å². The van der Waals surface area contributed by atoms with Gasteiger partial charge in [-0.15, -0.1) is 12.4 Å². The molecule has 0 heterocycles. The maximum Gasteiger partial charge on any atom is 0.0343 e. The molecule has 0 unspecified atom stereocenters. The second-order valence-corrected chi connectivity index (χ2v) is 6.33. The molecule has 25 heavy (non-hydrogen) atoms. The van der Waals surface area contributed by atoms with Crippen LogP contribution in [-0.4, -0.2) is 18.0 Å². The summed E-state index contributed by atoms with van der Waals surface area (Å²) >= 11 is 0. The van der Waals surface area contributed by atoms with Crippen LogP contribution in [0, 0.1) is 6.92 Å². The Morgan fingerprint density at radius 3 is 1.76 bits per heavy atom. The molecule has 0 atom stereocenters. The maximum atomic E-state index is 5.52. The highest BCUT2D eigenvalue weighted by Gasteiger charge is 2.04. The number of hydrogen-bond donors (Lipinski definition) is 1. The van der Waals surface area contributed by atoms with E-state index in [2.05, 4.69) is 49.1 Å². The van der Waals surface area contributed by atoms with E-state index in [9.17, 15) is 0 Å². The van der Waals surface area contributed by atoms with Crippen LogP contribution in [0.1, 0.15) is 50.7 Å². The van der Waals surface area contributed by atoms with Crippen LogP contribution >= 0.6 is 12.4 Å². The summed E-state index contributed by atoms with van der Waals surface area (Å²) in [6, 6.07) is 18.6. The molecule has 0 saturated heterocycles. The largest absolute Gasteiger partial charge is 0.399 e. The molecule has 2 aromatic rings. The summed E-state index contributed by atoms with van der Waals surface area (Å²) in [4.78, 5) is 2.59. The molecule has 0 bridgehead atoms. The van der Waals surface area contributed by atoms with Crippen molar-refractivity contribution >= 4 is 18.1 Å². The van der Waals surface area contributed by atoms with Gasteiger partial charge in [-0.2, -0.15) is 0 Å². The zero-order valence-corrected chi connectivity index (χ0v) is 16.9. The molecular formula is C22H35ClN2. The van der Waals surface area contributed by atoms with Crippen LogP contribution in [0.5, 0.6) is 0 Å². The lowest BCUT2D eigenvalue weighted by Crippen LogP contribution is -2.25. The highest BCUT2D eigenvalue weighted by molar-refractivity contribution is 5.85. The van der Waals surface area contributed by atoms with Crippen LogP contribution in [0.3, 0.4) is 0 Å². The normalized spacial score (nSPS) is 9.92. The fraction of sp³-hybridized carbons (Fsp3) is 0.455. The number of unbranched alkanes of at least 4 members (excludes halogenated alkanes) is 2. The van der Waals surface area contributed by atoms with Gasteiger partial charge in [-0.1, -0.05) is 75.2 Å². The first-order valence-corrected chi connectivity index (χ1v) is 9.24. The Labute approximate surface area is 160 Å². The molecule has 0 amide bonds. The van der Waals surface area contributed by atoms with Crippen molar-refractivity contribution in [1.29, 1.82) is 0 Å². The lowest BCUT2D eigenvalue weighted by Gasteiger charge is -2.21. The number of halogens is 1. The number of benzene rings is 2. The van der Waals surface area contributed by atoms with Gasteiger partial charge in [-0.3, -0.25) is 4.90 Å². The molecule has 0 saturated carbocycles. The first-order chi connectivity index (χ1) is 11.7. The molecular weight excluding hydrogens is 328 g/mol. The van der Waals surface area contributed by atoms with E-state index in [1.54, 1.807) is 0 Å². The van der Waals surface area contributed by atoms with Crippen LogP contribution in [0.15, 0.2) is 54.6 Å². The summed E-state index contributed by atoms with van der Waals surface area (Å²) in [5.41, 5.74) is 8.97. The fourth-order valence-corrected chi connectivity index (χ4v) is 2.46. The number of rotatable bonds is 8. The quantitative estimate of drug-likeness (QED) is 0.576. The van der Waals surface area contributed by atoms with Gasteiger partial charge in [0.05, 0.1) is 0 Å². The summed E-state index contributed by atoms with van der Waals surface area (Å²) in [5, 5.41) is 0. The second kappa shape index (κ2) is 14.8. The number of anilines is 1. The maximum absolute atomic E-state index is 5.52. The van der Waals surface area contributed by atoms with E-state index in [1.165, 1.54) is 44.3 Å². The van der Waals surface area contributed by atoms with E-state index >= 15 is 0 Å². The van der Waals surface area contributed by atoms with E-state index in [-0.39, 0.29) is 12.4 Å². The summed E-state index contributed by atoms with van der Waals surface area (Å²) in [7, 11) is 0. The van der Waals surface area contributed by atoms with Crippen molar-refractivity contribution in [2.75, 3.05) is 18.8 Å². The first-order valence-electron chi connectivity index (χ1n) is 9.24. The minimum Gasteiger partial charge on any atom is -0.399 e. The molecule has 0 aromatic heterocycles. The average Bonchev–Trinajstić information content (AvgIpc) is 2.61. The van der Waals surface area contributed by atoms with Gasteiger partial charge < -0.3 is 5.73 Å². The van der Waals surface area contributed by atoms with Gasteiger partial charge in [0, 0.05) is 12.2 Å². The number of nitrogens with zero attached hydrogens (tertiary/aromatic N) is 1. The van der Waals surface area contributed by atoms with Gasteiger partial charge >= 0.3 is 0 Å². The first kappa shape index (κ1) is 23.5. The Morgan fingerprint density at radius 2 is 1.32 bits per heavy atom. The van der Waals surface area contributed by atoms with Crippen molar-refractivity contribution in [2.45, 2.75) is 53.0 Å². The molecule has 0 aliphatic heterocycles. The summed E-state index contributed by atoms with van der Waals surface area (Å²) in [6.07, 6.45) is 5.21. The van der Waals surface area contributed by atoms with Crippen molar-refractivity contribution in [2.24, 2.45) is 0 Å². The summed E-state index contributed by atoms with van der Waals surface area (Å²) < 4.78 is 0. The zero-order valence-electron chi connectivity index (χ0n) is 16.1. The molecule has 2 aromatic carbocycles. The smallest absolute Gasteiger partial charge is 0.0343 e. The van der Waals surface area contributed by atoms with Crippen molar-refractivity contribution in [3.05, 3.63) is 65.7 Å². The molecule has 2 rings (SSSR count). The highest BCUT2D eigenvalue weighted by Crippen LogP contribution is 2.07. The second-order valence-electron chi connectivity index (χ2n) is 6.33. The Kier molecular flexibility index (Phi) is 13.9. The minimum atomic E-state index is 0. The number of hydrogen-bond acceptors (Lipinski definition) is 2. The molecule has 3 heteroatoms. The molecule has 2 N–H and O–H groups in total. The Hall–Kier alpha value is -1.51. The third-order valence-electron chi connectivity index (χ3n) is 4.09. The SMILES string of the molecule is CCCCN(CCCC)Cc1ccccc1.Cc1ccccc1N.Cl. The highest BCUT2D eigenvalue weighted by atomic mass is 35.5. The third kappa shape index (κ3) is 10.9. The number of aryl methyl sites for hydroxylation is 1. The van der Waals surface area contributed by atoms with Crippen molar-refractivity contribution in [3.63, 3.8) is 0 Å². The summed E-state index contributed by atoms with van der Waals surface area (Å²) in [5.74, 6) is 0. The van der Waals surface area contributed by atoms with Crippen LogP contribution < -0.4 is 5.73 Å². The van der Waals surface area contributed by atoms with Crippen molar-refractivity contribution < 1.29 is 0 Å². The molecule has 0 spiro atoms. The lowest BCUT2D eigenvalue weighted by atomic mass is 10.2. The number of nitrogens with two attached hydrogens (primary N) is 1. The van der Waals surface area contributed by atoms with Gasteiger partial charge in [-0.05, 0) is 50.0 Å². The van der Waals surface area contributed by atoms with E-state index in [4.69, 9.17) is 5.73 Å². The minimum absolute atomic E-state index is 0. The standard InChI is InChI=1S/C15H25N.C7H9N.ClH/c1-3-5-12-16(13-6-4-2)14-15-10-8-7-9-11-15;1-6-4-2-3-5-7(6)8;/h7-11H,3-6,12-14H2,1-2H3;2-5H,8H2,1H3;1H. The Balaban J connectivity index is 0.000000540. The van der Waals surface area contributed by atoms with Gasteiger partial charge in [0.25, 0.3) is 0 Å². The number of nitrogen functional groups attached to an aromatic ring is 1. The third-order valence-corrected chi connectivity index (χ3v) is 4.09. The Morgan fingerprint density at radius 1 is 0.800 bits per heavy atom. The molecule has 140 valence electrons. The van der Waals surface area contributed by atoms with E-state index in [1.807, 2.05) is 31.2 Å². The van der Waals surface area contributed by atoms with E-state index in [0.29, 0.717) is 0 Å². The molecule has 0 aliphatic carbocycles. The van der Waals surface area contributed by atoms with E-state index in [0.717, 1.165) is 17.8 Å². The van der Waals surface area contributed by atoms with Crippen LogP contribution in [0.25, 0.3) is 0 Å². The molecule has 0 fully saturated rings. The van der Waals surface area contributed by atoms with Crippen molar-refractivity contribution in [3.8, 4) is 0 Å². The monoisotopic (exact) mass is 362 g/mol. The molecule has 0 radical (unpaired) electrons. The van der Waals surface area contributed by atoms with Crippen LogP contribution in [0.4, 0.5) is 5.69 Å². The van der Waals surface area contributed by atoms with Gasteiger partial charge in [0.2, 0.25) is 0 Å². The zero-order chi connectivity index (χ0) is 17.6. The van der Waals surface area contributed by atoms with Gasteiger partial charge in [-0.25, -0.2) is 0 Å². The molecule has 2 nitrogen and oxygen atoms in total. The Bertz CT molecular complexity index is 514. The van der Waals surface area contributed by atoms with Crippen molar-refractivity contribution in [1.82, 2.24) is 4.90 Å². The van der Waals surface area contributed by atoms with Gasteiger partial charge in [0.15, 0.2) is 0 Å². The fourth-order valence-electron chi connectivity index (χ4n) is 2.46. The van der Waals surface area contributed by atoms with Crippen LogP contribution in [0.2, 0.25) is 0 Å². The predicted molar refractivity (Wildman–Crippen MR) is 114 cm³/mol. The van der Waals surface area contributed by atoms with Crippen LogP contribution in [-0.2, 0) is 6.54 Å². The van der Waals surface area contributed by atoms with E-state index < -0.39 is 0 Å². The lowest BCUT2D eigenvalue weighted by molar-refractivity contribution is 0.257.